The van der Waals surface area contributed by atoms with Gasteiger partial charge in [-0.2, -0.15) is 0 Å². The summed E-state index contributed by atoms with van der Waals surface area (Å²) in [5.74, 6) is -0.900. The number of nitrogens with zero attached hydrogens (tertiary/aromatic N) is 2. The maximum atomic E-state index is 12.3. The van der Waals surface area contributed by atoms with Crippen molar-refractivity contribution in [1.29, 1.82) is 0 Å². The molecule has 0 aliphatic heterocycles. The normalized spacial score (nSPS) is 11.8. The summed E-state index contributed by atoms with van der Waals surface area (Å²) < 4.78 is 5.13. The van der Waals surface area contributed by atoms with Crippen LogP contribution in [0, 0.1) is 13.8 Å². The zero-order chi connectivity index (χ0) is 15.4. The molecule has 0 aliphatic carbocycles. The van der Waals surface area contributed by atoms with Crippen LogP contribution in [0.1, 0.15) is 38.9 Å². The van der Waals surface area contributed by atoms with Gasteiger partial charge in [0.2, 0.25) is 5.78 Å². The highest BCUT2D eigenvalue weighted by molar-refractivity contribution is 6.01. The van der Waals surface area contributed by atoms with Crippen LogP contribution in [-0.2, 0) is 4.74 Å². The Morgan fingerprint density at radius 1 is 1.14 bits per heavy atom. The summed E-state index contributed by atoms with van der Waals surface area (Å²) in [6.45, 7) is 5.45. The van der Waals surface area contributed by atoms with Gasteiger partial charge in [0.15, 0.2) is 11.8 Å². The Labute approximate surface area is 123 Å². The van der Waals surface area contributed by atoms with E-state index in [1.807, 2.05) is 19.9 Å². The van der Waals surface area contributed by atoms with E-state index in [9.17, 15) is 9.59 Å². The van der Waals surface area contributed by atoms with Crippen LogP contribution in [0.4, 0.5) is 0 Å². The Bertz CT molecular complexity index is 668. The van der Waals surface area contributed by atoms with E-state index in [2.05, 4.69) is 9.97 Å². The molecular weight excluding hydrogens is 268 g/mol. The van der Waals surface area contributed by atoms with Gasteiger partial charge in [-0.15, -0.1) is 0 Å². The molecule has 0 bridgehead atoms. The Kier molecular flexibility index (Phi) is 4.42. The van der Waals surface area contributed by atoms with Gasteiger partial charge < -0.3 is 4.74 Å². The summed E-state index contributed by atoms with van der Waals surface area (Å²) in [7, 11) is 0. The van der Waals surface area contributed by atoms with Crippen molar-refractivity contribution in [3.8, 4) is 0 Å². The van der Waals surface area contributed by atoms with Gasteiger partial charge in [-0.1, -0.05) is 12.1 Å². The first kappa shape index (κ1) is 14.8. The van der Waals surface area contributed by atoms with Crippen LogP contribution >= 0.6 is 0 Å². The molecular formula is C16H16N2O3. The first-order chi connectivity index (χ1) is 9.99. The lowest BCUT2D eigenvalue weighted by Gasteiger charge is -2.12. The molecule has 21 heavy (non-hydrogen) atoms. The van der Waals surface area contributed by atoms with Crippen molar-refractivity contribution in [3.63, 3.8) is 0 Å². The maximum absolute atomic E-state index is 12.3. The van der Waals surface area contributed by atoms with Crippen LogP contribution in [0.5, 0.6) is 0 Å². The Morgan fingerprint density at radius 3 is 2.52 bits per heavy atom. The monoisotopic (exact) mass is 284 g/mol. The summed E-state index contributed by atoms with van der Waals surface area (Å²) in [6.07, 6.45) is 3.28. The Balaban J connectivity index is 2.09. The second-order valence-corrected chi connectivity index (χ2v) is 4.80. The summed E-state index contributed by atoms with van der Waals surface area (Å²) >= 11 is 0. The molecule has 2 aromatic rings. The lowest BCUT2D eigenvalue weighted by atomic mass is 10.0. The molecule has 5 nitrogen and oxygen atoms in total. The van der Waals surface area contributed by atoms with Crippen molar-refractivity contribution in [2.24, 2.45) is 0 Å². The van der Waals surface area contributed by atoms with Crippen molar-refractivity contribution in [3.05, 3.63) is 59.2 Å². The number of carbonyl (C=O) groups excluding carboxylic acids is 2. The standard InChI is InChI=1S/C16H16N2O3/c1-10-4-5-13(8-11(10)2)15(19)12(3)21-16(20)14-9-17-6-7-18-14/h4-9,12H,1-3H3/t12-/m0/s1. The zero-order valence-corrected chi connectivity index (χ0v) is 12.2. The van der Waals surface area contributed by atoms with E-state index < -0.39 is 12.1 Å². The van der Waals surface area contributed by atoms with Gasteiger partial charge in [0.05, 0.1) is 6.20 Å². The average Bonchev–Trinajstić information content (AvgIpc) is 2.50. The number of aromatic nitrogens is 2. The molecule has 108 valence electrons. The van der Waals surface area contributed by atoms with Crippen molar-refractivity contribution in [2.75, 3.05) is 0 Å². The molecule has 0 saturated heterocycles. The van der Waals surface area contributed by atoms with Gasteiger partial charge in [0.25, 0.3) is 0 Å². The molecule has 1 atom stereocenters. The highest BCUT2D eigenvalue weighted by Crippen LogP contribution is 2.13. The fraction of sp³-hybridized carbons (Fsp3) is 0.250. The van der Waals surface area contributed by atoms with Gasteiger partial charge in [0.1, 0.15) is 0 Å². The van der Waals surface area contributed by atoms with Crippen LogP contribution in [0.15, 0.2) is 36.8 Å². The van der Waals surface area contributed by atoms with Gasteiger partial charge in [-0.3, -0.25) is 9.78 Å². The predicted molar refractivity (Wildman–Crippen MR) is 77.2 cm³/mol. The maximum Gasteiger partial charge on any atom is 0.359 e. The predicted octanol–water partition coefficient (Wildman–Crippen LogP) is 2.52. The quantitative estimate of drug-likeness (QED) is 0.637. The van der Waals surface area contributed by atoms with Crippen molar-refractivity contribution >= 4 is 11.8 Å². The molecule has 0 radical (unpaired) electrons. The Morgan fingerprint density at radius 2 is 1.90 bits per heavy atom. The van der Waals surface area contributed by atoms with Crippen LogP contribution in [-0.4, -0.2) is 27.8 Å². The van der Waals surface area contributed by atoms with E-state index in [-0.39, 0.29) is 11.5 Å². The van der Waals surface area contributed by atoms with Gasteiger partial charge in [-0.05, 0) is 38.0 Å². The minimum atomic E-state index is -0.874. The highest BCUT2D eigenvalue weighted by atomic mass is 16.5. The SMILES string of the molecule is Cc1ccc(C(=O)[C@H](C)OC(=O)c2cnccn2)cc1C. The molecule has 0 N–H and O–H groups in total. The van der Waals surface area contributed by atoms with Gasteiger partial charge in [0, 0.05) is 18.0 Å². The number of ketones is 1. The molecule has 0 spiro atoms. The van der Waals surface area contributed by atoms with E-state index in [0.29, 0.717) is 5.56 Å². The summed E-state index contributed by atoms with van der Waals surface area (Å²) in [5, 5.41) is 0. The lowest BCUT2D eigenvalue weighted by molar-refractivity contribution is 0.0312. The molecule has 0 amide bonds. The largest absolute Gasteiger partial charge is 0.449 e. The molecule has 0 fully saturated rings. The first-order valence-corrected chi connectivity index (χ1v) is 6.57. The fourth-order valence-corrected chi connectivity index (χ4v) is 1.81. The number of aryl methyl sites for hydroxylation is 2. The van der Waals surface area contributed by atoms with Crippen LogP contribution in [0.25, 0.3) is 0 Å². The third-order valence-electron chi connectivity index (χ3n) is 3.22. The molecule has 1 aromatic heterocycles. The number of rotatable bonds is 4. The third-order valence-corrected chi connectivity index (χ3v) is 3.22. The number of esters is 1. The van der Waals surface area contributed by atoms with Gasteiger partial charge in [-0.25, -0.2) is 9.78 Å². The molecule has 1 aromatic carbocycles. The molecule has 0 aliphatic rings. The van der Waals surface area contributed by atoms with E-state index >= 15 is 0 Å². The summed E-state index contributed by atoms with van der Waals surface area (Å²) in [6, 6.07) is 5.40. The number of benzene rings is 1. The number of hydrogen-bond donors (Lipinski definition) is 0. The van der Waals surface area contributed by atoms with E-state index in [4.69, 9.17) is 4.74 Å². The minimum absolute atomic E-state index is 0.0808. The van der Waals surface area contributed by atoms with Crippen molar-refractivity contribution in [2.45, 2.75) is 26.9 Å². The fourth-order valence-electron chi connectivity index (χ4n) is 1.81. The van der Waals surface area contributed by atoms with Crippen LogP contribution < -0.4 is 0 Å². The smallest absolute Gasteiger partial charge is 0.359 e. The number of hydrogen-bond acceptors (Lipinski definition) is 5. The van der Waals surface area contributed by atoms with Crippen molar-refractivity contribution < 1.29 is 14.3 Å². The summed E-state index contributed by atoms with van der Waals surface area (Å²) in [5.41, 5.74) is 2.74. The molecule has 2 rings (SSSR count). The van der Waals surface area contributed by atoms with Crippen LogP contribution in [0.3, 0.4) is 0 Å². The van der Waals surface area contributed by atoms with Crippen molar-refractivity contribution in [1.82, 2.24) is 9.97 Å². The summed E-state index contributed by atoms with van der Waals surface area (Å²) in [4.78, 5) is 31.7. The lowest BCUT2D eigenvalue weighted by Crippen LogP contribution is -2.25. The first-order valence-electron chi connectivity index (χ1n) is 6.57. The Hall–Kier alpha value is -2.56. The average molecular weight is 284 g/mol. The molecule has 0 unspecified atom stereocenters. The topological polar surface area (TPSA) is 69.2 Å². The third kappa shape index (κ3) is 3.51. The second kappa shape index (κ2) is 6.26. The van der Waals surface area contributed by atoms with E-state index in [0.717, 1.165) is 11.1 Å². The van der Waals surface area contributed by atoms with Gasteiger partial charge >= 0.3 is 5.97 Å². The molecule has 5 heteroatoms. The molecule has 1 heterocycles. The minimum Gasteiger partial charge on any atom is -0.449 e. The second-order valence-electron chi connectivity index (χ2n) is 4.80. The molecule has 0 saturated carbocycles. The zero-order valence-electron chi connectivity index (χ0n) is 12.2. The van der Waals surface area contributed by atoms with E-state index in [1.54, 1.807) is 19.1 Å². The van der Waals surface area contributed by atoms with E-state index in [1.165, 1.54) is 18.6 Å². The number of ether oxygens (including phenoxy) is 1. The number of carbonyl (C=O) groups is 2. The van der Waals surface area contributed by atoms with Crippen LogP contribution in [0.2, 0.25) is 0 Å². The highest BCUT2D eigenvalue weighted by Gasteiger charge is 2.21. The number of Topliss-reactive ketones (excluding diaryl/α,β-unsaturated/α-hetero) is 1.